The molecule has 0 unspecified atom stereocenters. The van der Waals surface area contributed by atoms with Crippen molar-refractivity contribution in [2.24, 2.45) is 0 Å². The topological polar surface area (TPSA) is 131 Å². The van der Waals surface area contributed by atoms with Crippen molar-refractivity contribution in [1.29, 1.82) is 0 Å². The number of benzene rings is 2. The van der Waals surface area contributed by atoms with E-state index in [-0.39, 0.29) is 11.3 Å². The number of hydrogen-bond acceptors (Lipinski definition) is 7. The Bertz CT molecular complexity index is 1010. The fourth-order valence-corrected chi connectivity index (χ4v) is 3.34. The van der Waals surface area contributed by atoms with Crippen molar-refractivity contribution in [2.45, 2.75) is 12.8 Å². The molecule has 0 radical (unpaired) electrons. The molecule has 0 spiro atoms. The molecule has 1 fully saturated rings. The molecule has 2 N–H and O–H groups in total. The second-order valence-electron chi connectivity index (χ2n) is 6.74. The van der Waals surface area contributed by atoms with Crippen LogP contribution in [0.1, 0.15) is 33.6 Å². The van der Waals surface area contributed by atoms with Crippen LogP contribution in [0.15, 0.2) is 46.9 Å². The van der Waals surface area contributed by atoms with E-state index in [4.69, 9.17) is 4.74 Å². The molecule has 0 bridgehead atoms. The quantitative estimate of drug-likeness (QED) is 0.361. The van der Waals surface area contributed by atoms with E-state index in [0.717, 1.165) is 36.5 Å². The zero-order valence-electron chi connectivity index (χ0n) is 16.3. The Morgan fingerprint density at radius 1 is 1.06 bits per heavy atom. The van der Waals surface area contributed by atoms with Gasteiger partial charge >= 0.3 is 5.97 Å². The summed E-state index contributed by atoms with van der Waals surface area (Å²) in [6.07, 6.45) is 1.90. The van der Waals surface area contributed by atoms with Gasteiger partial charge < -0.3 is 9.64 Å². The predicted octanol–water partition coefficient (Wildman–Crippen LogP) is 2.58. The number of hydrogen-bond donors (Lipinski definition) is 2. The Balaban J connectivity index is 1.59. The summed E-state index contributed by atoms with van der Waals surface area (Å²) in [5.41, 5.74) is 4.99. The van der Waals surface area contributed by atoms with Crippen LogP contribution in [0.2, 0.25) is 0 Å². The third kappa shape index (κ3) is 5.79. The fraction of sp³-hybridized carbons (Fsp3) is 0.250. The molecule has 1 aliphatic rings. The molecule has 2 aromatic carbocycles. The van der Waals surface area contributed by atoms with Crippen molar-refractivity contribution in [3.05, 3.63) is 68.2 Å². The molecule has 3 rings (SSSR count). The Morgan fingerprint density at radius 2 is 1.74 bits per heavy atom. The molecule has 1 heterocycles. The Labute approximate surface area is 185 Å². The molecule has 0 aliphatic carbocycles. The first-order valence-electron chi connectivity index (χ1n) is 9.40. The molecule has 11 heteroatoms. The van der Waals surface area contributed by atoms with Gasteiger partial charge in [0.2, 0.25) is 0 Å². The lowest BCUT2D eigenvalue weighted by Crippen LogP contribution is -2.43. The van der Waals surface area contributed by atoms with Gasteiger partial charge in [-0.15, -0.1) is 0 Å². The number of esters is 1. The van der Waals surface area contributed by atoms with Gasteiger partial charge in [-0.25, -0.2) is 4.79 Å². The van der Waals surface area contributed by atoms with Gasteiger partial charge in [-0.2, -0.15) is 0 Å². The highest BCUT2D eigenvalue weighted by molar-refractivity contribution is 9.10. The summed E-state index contributed by atoms with van der Waals surface area (Å²) in [4.78, 5) is 48.9. The van der Waals surface area contributed by atoms with E-state index in [1.54, 1.807) is 24.3 Å². The summed E-state index contributed by atoms with van der Waals surface area (Å²) in [6.45, 7) is 0.781. The van der Waals surface area contributed by atoms with Gasteiger partial charge in [0.05, 0.1) is 16.2 Å². The number of anilines is 1. The molecular weight excluding hydrogens is 472 g/mol. The van der Waals surface area contributed by atoms with Gasteiger partial charge in [-0.05, 0) is 43.2 Å². The maximum absolute atomic E-state index is 12.5. The lowest BCUT2D eigenvalue weighted by atomic mass is 10.1. The summed E-state index contributed by atoms with van der Waals surface area (Å²) in [7, 11) is 0. The number of rotatable bonds is 6. The minimum Gasteiger partial charge on any atom is -0.452 e. The highest BCUT2D eigenvalue weighted by Crippen LogP contribution is 2.29. The Kier molecular flexibility index (Phi) is 7.19. The number of carbonyl (C=O) groups excluding carboxylic acids is 3. The van der Waals surface area contributed by atoms with Crippen LogP contribution >= 0.6 is 15.9 Å². The zero-order valence-corrected chi connectivity index (χ0v) is 17.9. The van der Waals surface area contributed by atoms with Crippen LogP contribution in [-0.4, -0.2) is 42.4 Å². The van der Waals surface area contributed by atoms with Gasteiger partial charge in [0, 0.05) is 35.3 Å². The number of nitrogens with zero attached hydrogens (tertiary/aromatic N) is 2. The molecule has 2 amide bonds. The summed E-state index contributed by atoms with van der Waals surface area (Å²) < 4.78 is 5.82. The van der Waals surface area contributed by atoms with Crippen LogP contribution in [0.25, 0.3) is 0 Å². The smallest absolute Gasteiger partial charge is 0.341 e. The van der Waals surface area contributed by atoms with E-state index in [1.807, 2.05) is 4.90 Å². The summed E-state index contributed by atoms with van der Waals surface area (Å²) in [5.74, 6) is -2.16. The molecule has 162 valence electrons. The number of nitro benzene ring substituents is 1. The molecule has 0 atom stereocenters. The van der Waals surface area contributed by atoms with Crippen LogP contribution in [0.5, 0.6) is 0 Å². The number of nitrogens with one attached hydrogen (secondary N) is 2. The third-order valence-electron chi connectivity index (χ3n) is 4.61. The largest absolute Gasteiger partial charge is 0.452 e. The zero-order chi connectivity index (χ0) is 22.4. The van der Waals surface area contributed by atoms with Gasteiger partial charge in [-0.3, -0.25) is 30.6 Å². The average Bonchev–Trinajstić information content (AvgIpc) is 3.30. The maximum Gasteiger partial charge on any atom is 0.341 e. The van der Waals surface area contributed by atoms with Crippen molar-refractivity contribution >= 4 is 45.1 Å². The van der Waals surface area contributed by atoms with E-state index in [9.17, 15) is 24.5 Å². The molecule has 0 aromatic heterocycles. The fourth-order valence-electron chi connectivity index (χ4n) is 3.08. The van der Waals surface area contributed by atoms with Crippen molar-refractivity contribution in [3.8, 4) is 0 Å². The second kappa shape index (κ2) is 10.0. The summed E-state index contributed by atoms with van der Waals surface area (Å²) in [5, 5.41) is 11.1. The van der Waals surface area contributed by atoms with Crippen molar-refractivity contribution in [1.82, 2.24) is 10.9 Å². The molecule has 31 heavy (non-hydrogen) atoms. The maximum atomic E-state index is 12.5. The lowest BCUT2D eigenvalue weighted by molar-refractivity contribution is -0.384. The molecule has 1 saturated heterocycles. The van der Waals surface area contributed by atoms with Gasteiger partial charge in [0.25, 0.3) is 17.5 Å². The first-order chi connectivity index (χ1) is 14.8. The Morgan fingerprint density at radius 3 is 2.39 bits per heavy atom. The molecule has 1 aliphatic heterocycles. The van der Waals surface area contributed by atoms with E-state index < -0.39 is 29.3 Å². The van der Waals surface area contributed by atoms with Crippen LogP contribution in [0, 0.1) is 10.1 Å². The molecule has 10 nitrogen and oxygen atoms in total. The number of halogens is 1. The summed E-state index contributed by atoms with van der Waals surface area (Å²) >= 11 is 3.26. The SMILES string of the molecule is O=C(COC(=O)c1cc([N+](=O)[O-])ccc1N1CCCC1)NNC(=O)c1ccc(Br)cc1. The first-order valence-corrected chi connectivity index (χ1v) is 10.2. The summed E-state index contributed by atoms with van der Waals surface area (Å²) in [6, 6.07) is 10.5. The van der Waals surface area contributed by atoms with Crippen LogP contribution in [0.3, 0.4) is 0 Å². The minimum atomic E-state index is -0.861. The van der Waals surface area contributed by atoms with Gasteiger partial charge in [-0.1, -0.05) is 15.9 Å². The van der Waals surface area contributed by atoms with Crippen LogP contribution < -0.4 is 15.8 Å². The molecule has 2 aromatic rings. The minimum absolute atomic E-state index is 0.0165. The predicted molar refractivity (Wildman–Crippen MR) is 115 cm³/mol. The van der Waals surface area contributed by atoms with E-state index in [0.29, 0.717) is 11.3 Å². The van der Waals surface area contributed by atoms with Crippen molar-refractivity contribution in [3.63, 3.8) is 0 Å². The number of amides is 2. The monoisotopic (exact) mass is 490 g/mol. The van der Waals surface area contributed by atoms with Crippen molar-refractivity contribution < 1.29 is 24.0 Å². The van der Waals surface area contributed by atoms with E-state index >= 15 is 0 Å². The standard InChI is InChI=1S/C20H19BrN4O6/c21-14-5-3-13(4-6-14)19(27)23-22-18(26)12-31-20(28)16-11-15(25(29)30)7-8-17(16)24-9-1-2-10-24/h3-8,11H,1-2,9-10,12H2,(H,22,26)(H,23,27). The number of carbonyl (C=O) groups is 3. The van der Waals surface area contributed by atoms with Crippen LogP contribution in [-0.2, 0) is 9.53 Å². The Hall–Kier alpha value is -3.47. The van der Waals surface area contributed by atoms with Gasteiger partial charge in [0.1, 0.15) is 0 Å². The van der Waals surface area contributed by atoms with Gasteiger partial charge in [0.15, 0.2) is 6.61 Å². The number of ether oxygens (including phenoxy) is 1. The second-order valence-corrected chi connectivity index (χ2v) is 7.65. The highest BCUT2D eigenvalue weighted by Gasteiger charge is 2.24. The van der Waals surface area contributed by atoms with Crippen LogP contribution in [0.4, 0.5) is 11.4 Å². The first kappa shape index (κ1) is 22.2. The third-order valence-corrected chi connectivity index (χ3v) is 5.14. The number of non-ortho nitro benzene ring substituents is 1. The highest BCUT2D eigenvalue weighted by atomic mass is 79.9. The average molecular weight is 491 g/mol. The number of nitro groups is 1. The molecular formula is C20H19BrN4O6. The van der Waals surface area contributed by atoms with E-state index in [2.05, 4.69) is 26.8 Å². The normalized spacial score (nSPS) is 12.9. The van der Waals surface area contributed by atoms with Crippen molar-refractivity contribution in [2.75, 3.05) is 24.6 Å². The number of hydrazine groups is 1. The molecule has 0 saturated carbocycles. The van der Waals surface area contributed by atoms with E-state index in [1.165, 1.54) is 12.1 Å². The lowest BCUT2D eigenvalue weighted by Gasteiger charge is -2.20.